The van der Waals surface area contributed by atoms with Gasteiger partial charge in [-0.3, -0.25) is 4.99 Å². The van der Waals surface area contributed by atoms with Crippen LogP contribution in [-0.2, 0) is 32.2 Å². The van der Waals surface area contributed by atoms with Crippen molar-refractivity contribution in [2.75, 3.05) is 6.54 Å². The number of carbonyl (C=O) groups is 1. The van der Waals surface area contributed by atoms with Crippen LogP contribution in [0.3, 0.4) is 0 Å². The van der Waals surface area contributed by atoms with E-state index in [1.54, 1.807) is 0 Å². The lowest BCUT2D eigenvalue weighted by molar-refractivity contribution is -0.146. The quantitative estimate of drug-likeness (QED) is 0.202. The highest BCUT2D eigenvalue weighted by Crippen LogP contribution is 2.27. The van der Waals surface area contributed by atoms with Gasteiger partial charge >= 0.3 is 5.97 Å². The Morgan fingerprint density at radius 2 is 1.50 bits per heavy atom. The van der Waals surface area contributed by atoms with Gasteiger partial charge in [0.05, 0.1) is 0 Å². The van der Waals surface area contributed by atoms with Crippen molar-refractivity contribution in [3.8, 4) is 0 Å². The Balaban J connectivity index is 1.53. The highest BCUT2D eigenvalue weighted by atomic mass is 16.7. The van der Waals surface area contributed by atoms with Crippen molar-refractivity contribution in [1.82, 2.24) is 0 Å². The van der Waals surface area contributed by atoms with Gasteiger partial charge in [-0.15, -0.1) is 0 Å². The lowest BCUT2D eigenvalue weighted by atomic mass is 10.2. The van der Waals surface area contributed by atoms with E-state index < -0.39 is 12.2 Å². The van der Waals surface area contributed by atoms with Gasteiger partial charge in [0.2, 0.25) is 5.90 Å². The van der Waals surface area contributed by atoms with Gasteiger partial charge in [-0.05, 0) is 17.5 Å². The van der Waals surface area contributed by atoms with Gasteiger partial charge in [0.15, 0.2) is 12.2 Å². The Morgan fingerprint density at radius 3 is 2.11 bits per heavy atom. The fourth-order valence-electron chi connectivity index (χ4n) is 2.79. The van der Waals surface area contributed by atoms with E-state index in [2.05, 4.69) is 11.9 Å². The fourth-order valence-corrected chi connectivity index (χ4v) is 2.79. The number of rotatable bonds is 10. The molecule has 0 aromatic heterocycles. The number of aliphatic imine (C=N–C) groups is 1. The summed E-state index contributed by atoms with van der Waals surface area (Å²) < 4.78 is 16.8. The molecule has 0 radical (unpaired) electrons. The Bertz CT molecular complexity index is 761. The number of nitrogens with zero attached hydrogens (tertiary/aromatic N) is 1. The summed E-state index contributed by atoms with van der Waals surface area (Å²) in [5.74, 6) is 0.111. The van der Waals surface area contributed by atoms with Gasteiger partial charge in [0, 0.05) is 6.54 Å². The van der Waals surface area contributed by atoms with Gasteiger partial charge in [-0.1, -0.05) is 80.4 Å². The molecule has 3 rings (SSSR count). The van der Waals surface area contributed by atoms with Crippen LogP contribution in [0.5, 0.6) is 0 Å². The minimum atomic E-state index is -0.635. The molecule has 1 heterocycles. The lowest BCUT2D eigenvalue weighted by Gasteiger charge is -2.08. The van der Waals surface area contributed by atoms with Crippen molar-refractivity contribution >= 4 is 11.9 Å². The monoisotopic (exact) mass is 381 g/mol. The minimum Gasteiger partial charge on any atom is -0.474 e. The molecule has 1 aliphatic rings. The lowest BCUT2D eigenvalue weighted by Crippen LogP contribution is -2.21. The first-order valence-corrected chi connectivity index (χ1v) is 9.85. The standard InChI is InChI=1S/C23H27NO4/c1-2-3-10-15-24-22(26-16-18-11-6-4-7-12-18)20-21(28-20)23(25)27-17-19-13-8-5-9-14-19/h4-9,11-14,20-21H,2-3,10,15-17H2,1H3. The smallest absolute Gasteiger partial charge is 0.338 e. The molecule has 1 aliphatic heterocycles. The van der Waals surface area contributed by atoms with Crippen LogP contribution < -0.4 is 0 Å². The summed E-state index contributed by atoms with van der Waals surface area (Å²) in [7, 11) is 0. The van der Waals surface area contributed by atoms with Crippen LogP contribution >= 0.6 is 0 Å². The summed E-state index contributed by atoms with van der Waals surface area (Å²) in [6.45, 7) is 3.46. The van der Waals surface area contributed by atoms with E-state index in [4.69, 9.17) is 14.2 Å². The number of epoxide rings is 1. The zero-order chi connectivity index (χ0) is 19.6. The van der Waals surface area contributed by atoms with E-state index in [-0.39, 0.29) is 12.6 Å². The average molecular weight is 381 g/mol. The van der Waals surface area contributed by atoms with Crippen molar-refractivity contribution in [2.45, 2.75) is 51.6 Å². The number of esters is 1. The van der Waals surface area contributed by atoms with Crippen molar-refractivity contribution in [3.63, 3.8) is 0 Å². The van der Waals surface area contributed by atoms with E-state index in [0.717, 1.165) is 30.4 Å². The Kier molecular flexibility index (Phi) is 7.62. The molecular formula is C23H27NO4. The molecule has 5 nitrogen and oxygen atoms in total. The number of unbranched alkanes of at least 4 members (excludes halogenated alkanes) is 2. The highest BCUT2D eigenvalue weighted by molar-refractivity contribution is 5.92. The summed E-state index contributed by atoms with van der Waals surface area (Å²) in [5, 5.41) is 0. The Hall–Kier alpha value is -2.66. The van der Waals surface area contributed by atoms with Crippen molar-refractivity contribution in [1.29, 1.82) is 0 Å². The fraction of sp³-hybridized carbons (Fsp3) is 0.391. The molecule has 0 amide bonds. The number of hydrogen-bond donors (Lipinski definition) is 0. The molecule has 1 saturated heterocycles. The third-order valence-electron chi connectivity index (χ3n) is 4.45. The second kappa shape index (κ2) is 10.6. The van der Waals surface area contributed by atoms with Crippen LogP contribution in [0.2, 0.25) is 0 Å². The summed E-state index contributed by atoms with van der Waals surface area (Å²) in [6, 6.07) is 19.5. The van der Waals surface area contributed by atoms with Crippen LogP contribution in [-0.4, -0.2) is 30.6 Å². The van der Waals surface area contributed by atoms with Gasteiger partial charge in [-0.2, -0.15) is 0 Å². The molecule has 28 heavy (non-hydrogen) atoms. The molecule has 148 valence electrons. The average Bonchev–Trinajstić information content (AvgIpc) is 3.54. The van der Waals surface area contributed by atoms with E-state index in [9.17, 15) is 4.79 Å². The van der Waals surface area contributed by atoms with Gasteiger partial charge in [-0.25, -0.2) is 4.79 Å². The molecule has 2 atom stereocenters. The predicted octanol–water partition coefficient (Wildman–Crippen LogP) is 4.30. The van der Waals surface area contributed by atoms with Crippen LogP contribution in [0.25, 0.3) is 0 Å². The van der Waals surface area contributed by atoms with Crippen LogP contribution in [0.15, 0.2) is 65.7 Å². The number of hydrogen-bond acceptors (Lipinski definition) is 5. The molecular weight excluding hydrogens is 354 g/mol. The van der Waals surface area contributed by atoms with E-state index in [1.165, 1.54) is 0 Å². The zero-order valence-corrected chi connectivity index (χ0v) is 16.3. The van der Waals surface area contributed by atoms with Crippen LogP contribution in [0.1, 0.15) is 37.3 Å². The largest absolute Gasteiger partial charge is 0.474 e. The normalized spacial score (nSPS) is 18.5. The summed E-state index contributed by atoms with van der Waals surface area (Å²) in [5.41, 5.74) is 1.99. The SMILES string of the molecule is CCCCCN=C(OCc1ccccc1)C1OC1C(=O)OCc1ccccc1. The van der Waals surface area contributed by atoms with Crippen LogP contribution in [0, 0.1) is 0 Å². The second-order valence-corrected chi connectivity index (χ2v) is 6.77. The first-order valence-electron chi connectivity index (χ1n) is 9.85. The maximum Gasteiger partial charge on any atom is 0.338 e. The molecule has 2 aromatic rings. The molecule has 0 N–H and O–H groups in total. The molecule has 0 saturated carbocycles. The topological polar surface area (TPSA) is 60.4 Å². The van der Waals surface area contributed by atoms with Crippen molar-refractivity contribution < 1.29 is 19.0 Å². The van der Waals surface area contributed by atoms with E-state index in [0.29, 0.717) is 19.0 Å². The third-order valence-corrected chi connectivity index (χ3v) is 4.45. The third kappa shape index (κ3) is 6.20. The van der Waals surface area contributed by atoms with Crippen LogP contribution in [0.4, 0.5) is 0 Å². The first kappa shape index (κ1) is 20.1. The second-order valence-electron chi connectivity index (χ2n) is 6.77. The molecule has 0 aliphatic carbocycles. The van der Waals surface area contributed by atoms with Crippen molar-refractivity contribution in [2.24, 2.45) is 4.99 Å². The molecule has 1 fully saturated rings. The predicted molar refractivity (Wildman–Crippen MR) is 108 cm³/mol. The van der Waals surface area contributed by atoms with E-state index >= 15 is 0 Å². The highest BCUT2D eigenvalue weighted by Gasteiger charge is 2.51. The molecule has 0 spiro atoms. The molecule has 2 unspecified atom stereocenters. The van der Waals surface area contributed by atoms with Gasteiger partial charge in [0.1, 0.15) is 13.2 Å². The van der Waals surface area contributed by atoms with Crippen molar-refractivity contribution in [3.05, 3.63) is 71.8 Å². The number of carbonyl (C=O) groups excluding carboxylic acids is 1. The molecule has 0 bridgehead atoms. The maximum atomic E-state index is 12.3. The zero-order valence-electron chi connectivity index (χ0n) is 16.3. The Morgan fingerprint density at radius 1 is 0.893 bits per heavy atom. The maximum absolute atomic E-state index is 12.3. The molecule has 5 heteroatoms. The number of benzene rings is 2. The van der Waals surface area contributed by atoms with Gasteiger partial charge < -0.3 is 14.2 Å². The summed E-state index contributed by atoms with van der Waals surface area (Å²) in [4.78, 5) is 16.8. The first-order chi connectivity index (χ1) is 13.8. The van der Waals surface area contributed by atoms with E-state index in [1.807, 2.05) is 60.7 Å². The number of ether oxygens (including phenoxy) is 3. The minimum absolute atomic E-state index is 0.236. The molecule has 2 aromatic carbocycles. The van der Waals surface area contributed by atoms with Gasteiger partial charge in [0.25, 0.3) is 0 Å². The Labute approximate surface area is 166 Å². The summed E-state index contributed by atoms with van der Waals surface area (Å²) >= 11 is 0. The summed E-state index contributed by atoms with van der Waals surface area (Å²) in [6.07, 6.45) is 2.15.